The maximum Gasteiger partial charge on any atom is 0.266 e. The highest BCUT2D eigenvalue weighted by atomic mass is 35.5. The van der Waals surface area contributed by atoms with E-state index in [0.717, 1.165) is 16.9 Å². The molecule has 0 fully saturated rings. The number of carbonyl (C=O) groups is 2. The number of rotatable bonds is 5. The van der Waals surface area contributed by atoms with Crippen LogP contribution in [0.3, 0.4) is 0 Å². The molecule has 0 unspecified atom stereocenters. The lowest BCUT2D eigenvalue weighted by Gasteiger charge is -2.06. The molecule has 2 aromatic heterocycles. The lowest BCUT2D eigenvalue weighted by atomic mass is 10.1. The van der Waals surface area contributed by atoms with Crippen molar-refractivity contribution in [2.75, 3.05) is 5.32 Å². The van der Waals surface area contributed by atoms with Crippen LogP contribution in [0.1, 0.15) is 26.5 Å². The monoisotopic (exact) mass is 450 g/mol. The number of hydrogen-bond acceptors (Lipinski definition) is 5. The molecule has 0 aliphatic carbocycles. The first kappa shape index (κ1) is 20.6. The Morgan fingerprint density at radius 3 is 2.61 bits per heavy atom. The largest absolute Gasteiger partial charge is 0.461 e. The number of nitrogens with one attached hydrogen (secondary N) is 2. The lowest BCUT2D eigenvalue weighted by Crippen LogP contribution is -2.20. The van der Waals surface area contributed by atoms with Crippen LogP contribution in [0, 0.1) is 0 Å². The van der Waals surface area contributed by atoms with Crippen LogP contribution in [0.4, 0.5) is 5.69 Å². The zero-order valence-corrected chi connectivity index (χ0v) is 17.5. The van der Waals surface area contributed by atoms with Crippen molar-refractivity contribution >= 4 is 52.5 Å². The molecule has 0 saturated carbocycles. The number of furan rings is 1. The number of thiazole rings is 1. The van der Waals surface area contributed by atoms with E-state index in [-0.39, 0.29) is 23.0 Å². The summed E-state index contributed by atoms with van der Waals surface area (Å²) in [5, 5.41) is 3.37. The predicted octanol–water partition coefficient (Wildman–Crippen LogP) is 3.43. The van der Waals surface area contributed by atoms with E-state index in [1.54, 1.807) is 60.7 Å². The first-order valence-corrected chi connectivity index (χ1v) is 10.3. The number of benzene rings is 2. The van der Waals surface area contributed by atoms with Gasteiger partial charge >= 0.3 is 0 Å². The Balaban J connectivity index is 1.58. The fourth-order valence-corrected chi connectivity index (χ4v) is 3.81. The van der Waals surface area contributed by atoms with Gasteiger partial charge in [0.05, 0.1) is 15.5 Å². The Labute approximate surface area is 185 Å². The number of halogens is 1. The molecule has 0 aliphatic heterocycles. The third-order valence-corrected chi connectivity index (χ3v) is 5.47. The van der Waals surface area contributed by atoms with Gasteiger partial charge in [-0.05, 0) is 60.2 Å². The Morgan fingerprint density at radius 1 is 1.06 bits per heavy atom. The number of aromatic amines is 1. The van der Waals surface area contributed by atoms with Crippen LogP contribution in [-0.4, -0.2) is 16.7 Å². The van der Waals surface area contributed by atoms with Crippen LogP contribution in [-0.2, 0) is 0 Å². The highest BCUT2D eigenvalue weighted by Crippen LogP contribution is 2.14. The topological polar surface area (TPSA) is 92.2 Å². The van der Waals surface area contributed by atoms with Gasteiger partial charge in [0.15, 0.2) is 5.76 Å². The Morgan fingerprint density at radius 2 is 1.87 bits per heavy atom. The van der Waals surface area contributed by atoms with Gasteiger partial charge in [0.2, 0.25) is 5.78 Å². The number of hydrogen-bond donors (Lipinski definition) is 2. The van der Waals surface area contributed by atoms with Crippen molar-refractivity contribution in [2.45, 2.75) is 0 Å². The summed E-state index contributed by atoms with van der Waals surface area (Å²) in [5.74, 6) is -0.402. The zero-order chi connectivity index (χ0) is 21.8. The van der Waals surface area contributed by atoms with Gasteiger partial charge in [-0.3, -0.25) is 14.4 Å². The van der Waals surface area contributed by atoms with E-state index in [1.807, 2.05) is 6.07 Å². The van der Waals surface area contributed by atoms with Crippen molar-refractivity contribution in [3.8, 4) is 0 Å². The third-order valence-electron chi connectivity index (χ3n) is 4.26. The van der Waals surface area contributed by atoms with Crippen LogP contribution < -0.4 is 20.1 Å². The van der Waals surface area contributed by atoms with Crippen molar-refractivity contribution in [3.05, 3.63) is 108 Å². The van der Waals surface area contributed by atoms with Gasteiger partial charge in [0, 0.05) is 22.3 Å². The van der Waals surface area contributed by atoms with E-state index >= 15 is 0 Å². The summed E-state index contributed by atoms with van der Waals surface area (Å²) in [4.78, 5) is 39.4. The van der Waals surface area contributed by atoms with Crippen LogP contribution in [0.2, 0.25) is 5.02 Å². The fourth-order valence-electron chi connectivity index (χ4n) is 2.80. The second kappa shape index (κ2) is 8.99. The normalized spacial score (nSPS) is 12.2. The highest BCUT2D eigenvalue weighted by Gasteiger charge is 2.07. The van der Waals surface area contributed by atoms with Gasteiger partial charge in [-0.15, -0.1) is 11.3 Å². The second-order valence-corrected chi connectivity index (χ2v) is 8.02. The molecule has 4 rings (SSSR count). The van der Waals surface area contributed by atoms with Crippen molar-refractivity contribution in [3.63, 3.8) is 0 Å². The minimum atomic E-state index is -0.332. The molecule has 1 amide bonds. The van der Waals surface area contributed by atoms with Crippen LogP contribution in [0.5, 0.6) is 0 Å². The Kier molecular flexibility index (Phi) is 5.97. The minimum absolute atomic E-state index is 0.198. The molecule has 8 heteroatoms. The summed E-state index contributed by atoms with van der Waals surface area (Å²) in [6.07, 6.45) is 4.43. The van der Waals surface area contributed by atoms with Crippen molar-refractivity contribution in [1.29, 1.82) is 0 Å². The Bertz CT molecular complexity index is 1420. The van der Waals surface area contributed by atoms with E-state index in [4.69, 9.17) is 16.0 Å². The molecule has 0 atom stereocenters. The molecular formula is C23H15ClN2O4S. The van der Waals surface area contributed by atoms with Gasteiger partial charge in [0.1, 0.15) is 0 Å². The molecule has 4 aromatic rings. The standard InChI is InChI=1S/C23H15ClN2O4S/c24-16-8-6-15(7-9-16)22(28)25-17-4-1-3-14(11-17)12-20-23(29)26-21(31-20)13-18(27)19-5-2-10-30-19/h1-13H,(H,25,28)(H,26,29)/b20-12-,21-13-. The molecule has 2 aromatic carbocycles. The molecule has 0 radical (unpaired) electrons. The van der Waals surface area contributed by atoms with Gasteiger partial charge in [-0.1, -0.05) is 23.7 Å². The minimum Gasteiger partial charge on any atom is -0.461 e. The predicted molar refractivity (Wildman–Crippen MR) is 121 cm³/mol. The first-order valence-electron chi connectivity index (χ1n) is 9.15. The van der Waals surface area contributed by atoms with Gasteiger partial charge in [-0.25, -0.2) is 0 Å². The van der Waals surface area contributed by atoms with Crippen molar-refractivity contribution in [2.24, 2.45) is 0 Å². The van der Waals surface area contributed by atoms with E-state index in [2.05, 4.69) is 10.3 Å². The molecular weight excluding hydrogens is 436 g/mol. The average molecular weight is 451 g/mol. The summed E-state index contributed by atoms with van der Waals surface area (Å²) in [5.41, 5.74) is 1.49. The molecule has 0 spiro atoms. The quantitative estimate of drug-likeness (QED) is 0.456. The highest BCUT2D eigenvalue weighted by molar-refractivity contribution is 7.07. The maximum absolute atomic E-state index is 12.4. The number of Topliss-reactive ketones (excluding diaryl/α,β-unsaturated/α-hetero) is 1. The van der Waals surface area contributed by atoms with Crippen LogP contribution >= 0.6 is 22.9 Å². The van der Waals surface area contributed by atoms with Gasteiger partial charge in [-0.2, -0.15) is 0 Å². The summed E-state index contributed by atoms with van der Waals surface area (Å²) in [6, 6.07) is 16.9. The fraction of sp³-hybridized carbons (Fsp3) is 0. The molecule has 0 saturated heterocycles. The number of ketones is 1. The number of aromatic nitrogens is 1. The summed E-state index contributed by atoms with van der Waals surface area (Å²) in [7, 11) is 0. The molecule has 2 N–H and O–H groups in total. The van der Waals surface area contributed by atoms with E-state index < -0.39 is 0 Å². The molecule has 6 nitrogen and oxygen atoms in total. The molecule has 31 heavy (non-hydrogen) atoms. The van der Waals surface area contributed by atoms with Gasteiger partial charge < -0.3 is 14.7 Å². The number of amides is 1. The van der Waals surface area contributed by atoms with Crippen LogP contribution in [0.15, 0.2) is 76.1 Å². The van der Waals surface area contributed by atoms with E-state index in [0.29, 0.717) is 25.5 Å². The summed E-state index contributed by atoms with van der Waals surface area (Å²) in [6.45, 7) is 0. The summed E-state index contributed by atoms with van der Waals surface area (Å²) < 4.78 is 5.92. The van der Waals surface area contributed by atoms with Crippen LogP contribution in [0.25, 0.3) is 12.2 Å². The van der Waals surface area contributed by atoms with E-state index in [1.165, 1.54) is 12.3 Å². The van der Waals surface area contributed by atoms with E-state index in [9.17, 15) is 14.4 Å². The third kappa shape index (κ3) is 5.09. The second-order valence-electron chi connectivity index (χ2n) is 6.50. The van der Waals surface area contributed by atoms with Gasteiger partial charge in [0.25, 0.3) is 11.5 Å². The number of carbonyl (C=O) groups excluding carboxylic acids is 2. The van der Waals surface area contributed by atoms with Crippen molar-refractivity contribution < 1.29 is 14.0 Å². The lowest BCUT2D eigenvalue weighted by molar-refractivity contribution is 0.102. The number of H-pyrrole nitrogens is 1. The Hall–Kier alpha value is -3.68. The maximum atomic E-state index is 12.4. The SMILES string of the molecule is O=C(Nc1cccc(/C=c2\s/c(=C\C(=O)c3ccco3)[nH]c2=O)c1)c1ccc(Cl)cc1. The molecule has 154 valence electrons. The van der Waals surface area contributed by atoms with Crippen molar-refractivity contribution in [1.82, 2.24) is 4.98 Å². The molecule has 2 heterocycles. The smallest absolute Gasteiger partial charge is 0.266 e. The first-order chi connectivity index (χ1) is 15.0. The summed E-state index contributed by atoms with van der Waals surface area (Å²) >= 11 is 7.01. The molecule has 0 aliphatic rings. The zero-order valence-electron chi connectivity index (χ0n) is 15.9. The number of anilines is 1. The average Bonchev–Trinajstić information content (AvgIpc) is 3.39. The molecule has 0 bridgehead atoms.